The highest BCUT2D eigenvalue weighted by Crippen LogP contribution is 2.34. The molecular weight excluding hydrogens is 244 g/mol. The summed E-state index contributed by atoms with van der Waals surface area (Å²) in [6.07, 6.45) is 0.903. The molecule has 0 bridgehead atoms. The van der Waals surface area contributed by atoms with E-state index in [2.05, 4.69) is 31.3 Å². The molecule has 0 saturated carbocycles. The average molecular weight is 266 g/mol. The van der Waals surface area contributed by atoms with E-state index in [4.69, 9.17) is 5.73 Å². The quantitative estimate of drug-likeness (QED) is 0.830. The zero-order valence-electron chi connectivity index (χ0n) is 11.3. The first kappa shape index (κ1) is 15.1. The van der Waals surface area contributed by atoms with Crippen molar-refractivity contribution in [2.75, 3.05) is 12.8 Å². The molecular formula is C14H22N2OS. The van der Waals surface area contributed by atoms with Gasteiger partial charge in [0.1, 0.15) is 0 Å². The summed E-state index contributed by atoms with van der Waals surface area (Å²) in [5, 5.41) is 2.82. The van der Waals surface area contributed by atoms with Crippen molar-refractivity contribution in [2.24, 2.45) is 5.73 Å². The lowest BCUT2D eigenvalue weighted by Gasteiger charge is -2.24. The van der Waals surface area contributed by atoms with Gasteiger partial charge in [0.05, 0.1) is 5.75 Å². The highest BCUT2D eigenvalue weighted by molar-refractivity contribution is 8.00. The molecule has 2 unspecified atom stereocenters. The molecule has 100 valence electrons. The third-order valence-corrected chi connectivity index (χ3v) is 4.42. The van der Waals surface area contributed by atoms with E-state index >= 15 is 0 Å². The molecule has 1 amide bonds. The first-order valence-corrected chi connectivity index (χ1v) is 7.28. The first-order chi connectivity index (χ1) is 8.60. The van der Waals surface area contributed by atoms with Crippen molar-refractivity contribution in [1.82, 2.24) is 5.32 Å². The van der Waals surface area contributed by atoms with E-state index in [1.54, 1.807) is 18.8 Å². The number of nitrogens with two attached hydrogens (primary N) is 1. The van der Waals surface area contributed by atoms with Gasteiger partial charge in [-0.05, 0) is 24.5 Å². The maximum absolute atomic E-state index is 11.4. The Balaban J connectivity index is 2.85. The van der Waals surface area contributed by atoms with Gasteiger partial charge in [0.25, 0.3) is 0 Å². The molecule has 18 heavy (non-hydrogen) atoms. The van der Waals surface area contributed by atoms with Crippen LogP contribution >= 0.6 is 11.8 Å². The zero-order valence-corrected chi connectivity index (χ0v) is 12.1. The molecule has 0 saturated heterocycles. The summed E-state index contributed by atoms with van der Waals surface area (Å²) in [6, 6.07) is 8.31. The van der Waals surface area contributed by atoms with Crippen LogP contribution in [0.2, 0.25) is 0 Å². The minimum atomic E-state index is 0.0434. The van der Waals surface area contributed by atoms with Gasteiger partial charge in [-0.25, -0.2) is 0 Å². The summed E-state index contributed by atoms with van der Waals surface area (Å²) in [6.45, 7) is 4.17. The molecule has 3 nitrogen and oxygen atoms in total. The van der Waals surface area contributed by atoms with Gasteiger partial charge in [-0.15, -0.1) is 11.8 Å². The van der Waals surface area contributed by atoms with Crippen LogP contribution in [0.15, 0.2) is 24.3 Å². The number of carbonyl (C=O) groups is 1. The normalized spacial score (nSPS) is 14.0. The minimum absolute atomic E-state index is 0.0434. The molecule has 3 N–H and O–H groups in total. The summed E-state index contributed by atoms with van der Waals surface area (Å²) in [7, 11) is 1.66. The van der Waals surface area contributed by atoms with Crippen LogP contribution in [-0.4, -0.2) is 24.7 Å². The topological polar surface area (TPSA) is 55.1 Å². The minimum Gasteiger partial charge on any atom is -0.358 e. The van der Waals surface area contributed by atoms with Crippen molar-refractivity contribution in [3.8, 4) is 0 Å². The van der Waals surface area contributed by atoms with Crippen molar-refractivity contribution in [1.29, 1.82) is 0 Å². The third kappa shape index (κ3) is 4.03. The molecule has 0 heterocycles. The van der Waals surface area contributed by atoms with E-state index in [-0.39, 0.29) is 17.2 Å². The number of hydrogen-bond acceptors (Lipinski definition) is 3. The van der Waals surface area contributed by atoms with Crippen LogP contribution in [0.1, 0.15) is 29.7 Å². The van der Waals surface area contributed by atoms with E-state index in [9.17, 15) is 4.79 Å². The van der Waals surface area contributed by atoms with Gasteiger partial charge in [-0.3, -0.25) is 4.79 Å². The largest absolute Gasteiger partial charge is 0.358 e. The Morgan fingerprint density at radius 3 is 2.67 bits per heavy atom. The van der Waals surface area contributed by atoms with Crippen LogP contribution in [-0.2, 0) is 4.79 Å². The molecule has 1 rings (SSSR count). The van der Waals surface area contributed by atoms with Crippen molar-refractivity contribution in [3.05, 3.63) is 35.4 Å². The summed E-state index contributed by atoms with van der Waals surface area (Å²) in [5.41, 5.74) is 8.66. The highest BCUT2D eigenvalue weighted by Gasteiger charge is 2.21. The third-order valence-electron chi connectivity index (χ3n) is 3.03. The fourth-order valence-corrected chi connectivity index (χ4v) is 3.16. The number of aryl methyl sites for hydroxylation is 1. The monoisotopic (exact) mass is 266 g/mol. The van der Waals surface area contributed by atoms with Crippen LogP contribution in [0.3, 0.4) is 0 Å². The summed E-state index contributed by atoms with van der Waals surface area (Å²) in [4.78, 5) is 11.4. The van der Waals surface area contributed by atoms with E-state index in [0.29, 0.717) is 5.75 Å². The van der Waals surface area contributed by atoms with E-state index in [1.165, 1.54) is 11.1 Å². The van der Waals surface area contributed by atoms with Crippen LogP contribution < -0.4 is 11.1 Å². The number of rotatable bonds is 6. The SMILES string of the molecule is CCC(N)C(SCC(=O)NC)c1ccccc1C. The molecule has 1 aromatic rings. The van der Waals surface area contributed by atoms with Gasteiger partial charge in [0, 0.05) is 18.3 Å². The number of benzene rings is 1. The Morgan fingerprint density at radius 1 is 1.44 bits per heavy atom. The molecule has 0 fully saturated rings. The van der Waals surface area contributed by atoms with Crippen LogP contribution in [0.5, 0.6) is 0 Å². The number of amides is 1. The summed E-state index contributed by atoms with van der Waals surface area (Å²) < 4.78 is 0. The second-order valence-electron chi connectivity index (χ2n) is 4.33. The number of thioether (sulfide) groups is 1. The van der Waals surface area contributed by atoms with Gasteiger partial charge in [-0.1, -0.05) is 31.2 Å². The number of nitrogens with one attached hydrogen (secondary N) is 1. The van der Waals surface area contributed by atoms with Crippen LogP contribution in [0, 0.1) is 6.92 Å². The van der Waals surface area contributed by atoms with Gasteiger partial charge < -0.3 is 11.1 Å². The van der Waals surface area contributed by atoms with Crippen molar-refractivity contribution >= 4 is 17.7 Å². The Kier molecular flexibility index (Phi) is 6.22. The summed E-state index contributed by atoms with van der Waals surface area (Å²) in [5.74, 6) is 0.491. The molecule has 0 aliphatic heterocycles. The van der Waals surface area contributed by atoms with Gasteiger partial charge in [-0.2, -0.15) is 0 Å². The first-order valence-electron chi connectivity index (χ1n) is 6.23. The molecule has 0 aliphatic rings. The zero-order chi connectivity index (χ0) is 13.5. The van der Waals surface area contributed by atoms with E-state index in [1.807, 2.05) is 12.1 Å². The lowest BCUT2D eigenvalue weighted by molar-refractivity contribution is -0.118. The predicted molar refractivity (Wildman–Crippen MR) is 78.7 cm³/mol. The Hall–Kier alpha value is -1.00. The second-order valence-corrected chi connectivity index (χ2v) is 5.46. The molecule has 0 aromatic heterocycles. The molecule has 0 aliphatic carbocycles. The molecule has 1 aromatic carbocycles. The number of carbonyl (C=O) groups excluding carboxylic acids is 1. The highest BCUT2D eigenvalue weighted by atomic mass is 32.2. The maximum atomic E-state index is 11.4. The van der Waals surface area contributed by atoms with Crippen LogP contribution in [0.25, 0.3) is 0 Å². The molecule has 4 heteroatoms. The van der Waals surface area contributed by atoms with Gasteiger partial charge in [0.2, 0.25) is 5.91 Å². The van der Waals surface area contributed by atoms with Crippen molar-refractivity contribution in [3.63, 3.8) is 0 Å². The molecule has 2 atom stereocenters. The average Bonchev–Trinajstić information content (AvgIpc) is 2.40. The maximum Gasteiger partial charge on any atom is 0.229 e. The molecule has 0 spiro atoms. The van der Waals surface area contributed by atoms with Crippen molar-refractivity contribution in [2.45, 2.75) is 31.6 Å². The second kappa shape index (κ2) is 7.44. The van der Waals surface area contributed by atoms with Gasteiger partial charge in [0.15, 0.2) is 0 Å². The Morgan fingerprint density at radius 2 is 2.11 bits per heavy atom. The number of hydrogen-bond donors (Lipinski definition) is 2. The van der Waals surface area contributed by atoms with Gasteiger partial charge >= 0.3 is 0 Å². The Bertz CT molecular complexity index is 395. The van der Waals surface area contributed by atoms with E-state index in [0.717, 1.165) is 6.42 Å². The smallest absolute Gasteiger partial charge is 0.229 e. The fraction of sp³-hybridized carbons (Fsp3) is 0.500. The van der Waals surface area contributed by atoms with Crippen molar-refractivity contribution < 1.29 is 4.79 Å². The fourth-order valence-electron chi connectivity index (χ4n) is 1.80. The van der Waals surface area contributed by atoms with E-state index < -0.39 is 0 Å². The molecule has 0 radical (unpaired) electrons. The Labute approximate surface area is 114 Å². The summed E-state index contributed by atoms with van der Waals surface area (Å²) >= 11 is 1.62. The van der Waals surface area contributed by atoms with Crippen LogP contribution in [0.4, 0.5) is 0 Å². The lowest BCUT2D eigenvalue weighted by Crippen LogP contribution is -2.28. The standard InChI is InChI=1S/C14H22N2OS/c1-4-12(15)14(18-9-13(17)16-3)11-8-6-5-7-10(11)2/h5-8,12,14H,4,9,15H2,1-3H3,(H,16,17). The lowest BCUT2D eigenvalue weighted by atomic mass is 10.00. The predicted octanol–water partition coefficient (Wildman–Crippen LogP) is 2.25.